The largest absolute Gasteiger partial charge is 0.497 e. The molecular weight excluding hydrogens is 300 g/mol. The monoisotopic (exact) mass is 314 g/mol. The highest BCUT2D eigenvalue weighted by molar-refractivity contribution is 6.34. The fourth-order valence-electron chi connectivity index (χ4n) is 2.27. The van der Waals surface area contributed by atoms with E-state index in [9.17, 15) is 4.79 Å². The van der Waals surface area contributed by atoms with Gasteiger partial charge in [-0.15, -0.1) is 0 Å². The van der Waals surface area contributed by atoms with Crippen LogP contribution in [0, 0.1) is 6.92 Å². The minimum Gasteiger partial charge on any atom is -0.497 e. The summed E-state index contributed by atoms with van der Waals surface area (Å²) in [6.45, 7) is 1.95. The van der Waals surface area contributed by atoms with Gasteiger partial charge < -0.3 is 15.0 Å². The summed E-state index contributed by atoms with van der Waals surface area (Å²) in [4.78, 5) is 15.4. The lowest BCUT2D eigenvalue weighted by Crippen LogP contribution is -2.12. The highest BCUT2D eigenvalue weighted by atomic mass is 35.5. The van der Waals surface area contributed by atoms with Gasteiger partial charge in [0.1, 0.15) is 11.4 Å². The molecule has 0 bridgehead atoms. The molecule has 22 heavy (non-hydrogen) atoms. The second-order valence-electron chi connectivity index (χ2n) is 5.07. The molecule has 0 aliphatic heterocycles. The van der Waals surface area contributed by atoms with Gasteiger partial charge in [0.05, 0.1) is 17.8 Å². The summed E-state index contributed by atoms with van der Waals surface area (Å²) in [5.41, 5.74) is 2.95. The summed E-state index contributed by atoms with van der Waals surface area (Å²) < 4.78 is 5.18. The molecule has 2 N–H and O–H groups in total. The number of H-pyrrole nitrogens is 1. The van der Waals surface area contributed by atoms with Gasteiger partial charge in [-0.2, -0.15) is 0 Å². The van der Waals surface area contributed by atoms with Crippen molar-refractivity contribution in [1.82, 2.24) is 4.98 Å². The van der Waals surface area contributed by atoms with Crippen molar-refractivity contribution < 1.29 is 9.53 Å². The number of benzene rings is 2. The molecule has 0 aliphatic carbocycles. The summed E-state index contributed by atoms with van der Waals surface area (Å²) in [6, 6.07) is 12.9. The molecule has 1 aromatic heterocycles. The minimum atomic E-state index is -0.235. The van der Waals surface area contributed by atoms with E-state index in [1.165, 1.54) is 0 Å². The molecular formula is C17H15ClN2O2. The lowest BCUT2D eigenvalue weighted by molar-refractivity contribution is 0.102. The molecule has 0 spiro atoms. The highest BCUT2D eigenvalue weighted by Gasteiger charge is 2.12. The Labute approximate surface area is 133 Å². The lowest BCUT2D eigenvalue weighted by Gasteiger charge is -2.06. The normalized spacial score (nSPS) is 10.7. The first kappa shape index (κ1) is 14.5. The molecule has 4 nitrogen and oxygen atoms in total. The number of anilines is 1. The molecule has 3 aromatic rings. The van der Waals surface area contributed by atoms with E-state index in [2.05, 4.69) is 10.3 Å². The van der Waals surface area contributed by atoms with Crippen LogP contribution < -0.4 is 10.1 Å². The maximum Gasteiger partial charge on any atom is 0.272 e. The highest BCUT2D eigenvalue weighted by Crippen LogP contribution is 2.25. The second-order valence-corrected chi connectivity index (χ2v) is 5.48. The van der Waals surface area contributed by atoms with Crippen molar-refractivity contribution in [3.05, 3.63) is 58.7 Å². The Morgan fingerprint density at radius 2 is 2.00 bits per heavy atom. The summed E-state index contributed by atoms with van der Waals surface area (Å²) in [5, 5.41) is 4.27. The third-order valence-corrected chi connectivity index (χ3v) is 3.76. The summed E-state index contributed by atoms with van der Waals surface area (Å²) in [6.07, 6.45) is 0. The Morgan fingerprint density at radius 1 is 1.18 bits per heavy atom. The van der Waals surface area contributed by atoms with E-state index in [0.29, 0.717) is 16.4 Å². The Hall–Kier alpha value is -2.46. The van der Waals surface area contributed by atoms with E-state index in [1.807, 2.05) is 37.3 Å². The Morgan fingerprint density at radius 3 is 2.73 bits per heavy atom. The van der Waals surface area contributed by atoms with Crippen LogP contribution in [-0.2, 0) is 0 Å². The van der Waals surface area contributed by atoms with E-state index >= 15 is 0 Å². The average molecular weight is 315 g/mol. The van der Waals surface area contributed by atoms with Crippen molar-refractivity contribution in [2.24, 2.45) is 0 Å². The zero-order valence-corrected chi connectivity index (χ0v) is 13.0. The van der Waals surface area contributed by atoms with E-state index in [1.54, 1.807) is 19.2 Å². The van der Waals surface area contributed by atoms with Gasteiger partial charge >= 0.3 is 0 Å². The van der Waals surface area contributed by atoms with E-state index < -0.39 is 0 Å². The molecule has 5 heteroatoms. The number of fused-ring (bicyclic) bond motifs is 1. The molecule has 0 unspecified atom stereocenters. The average Bonchev–Trinajstić information content (AvgIpc) is 2.93. The molecule has 112 valence electrons. The van der Waals surface area contributed by atoms with Gasteiger partial charge in [-0.25, -0.2) is 0 Å². The van der Waals surface area contributed by atoms with Crippen molar-refractivity contribution in [2.75, 3.05) is 12.4 Å². The molecule has 0 radical (unpaired) electrons. The van der Waals surface area contributed by atoms with Crippen molar-refractivity contribution in [3.63, 3.8) is 0 Å². The predicted molar refractivity (Wildman–Crippen MR) is 89.0 cm³/mol. The third kappa shape index (κ3) is 2.78. The number of hydrogen-bond donors (Lipinski definition) is 2. The number of ether oxygens (including phenoxy) is 1. The molecule has 0 fully saturated rings. The van der Waals surface area contributed by atoms with Gasteiger partial charge in [-0.05, 0) is 42.8 Å². The van der Waals surface area contributed by atoms with Gasteiger partial charge in [0.2, 0.25) is 0 Å². The van der Waals surface area contributed by atoms with Crippen LogP contribution in [0.3, 0.4) is 0 Å². The maximum atomic E-state index is 12.3. The Bertz CT molecular complexity index is 855. The van der Waals surface area contributed by atoms with Crippen LogP contribution in [0.4, 0.5) is 5.69 Å². The number of nitrogens with one attached hydrogen (secondary N) is 2. The van der Waals surface area contributed by atoms with Crippen LogP contribution in [0.1, 0.15) is 16.1 Å². The van der Waals surface area contributed by atoms with Gasteiger partial charge in [0.25, 0.3) is 5.91 Å². The van der Waals surface area contributed by atoms with Gasteiger partial charge in [-0.3, -0.25) is 4.79 Å². The first-order chi connectivity index (χ1) is 10.6. The van der Waals surface area contributed by atoms with E-state index in [-0.39, 0.29) is 5.91 Å². The summed E-state index contributed by atoms with van der Waals surface area (Å²) in [7, 11) is 1.61. The zero-order valence-electron chi connectivity index (χ0n) is 12.2. The quantitative estimate of drug-likeness (QED) is 0.753. The Balaban J connectivity index is 1.88. The number of carbonyl (C=O) groups excluding carboxylic acids is 1. The molecule has 0 saturated heterocycles. The van der Waals surface area contributed by atoms with E-state index in [4.69, 9.17) is 16.3 Å². The standard InChI is InChI=1S/C17H15ClN2O2/c1-10-3-6-14(13(18)7-10)20-17(21)16-8-11-4-5-12(22-2)9-15(11)19-16/h3-9,19H,1-2H3,(H,20,21). The van der Waals surface area contributed by atoms with Crippen LogP contribution in [0.15, 0.2) is 42.5 Å². The van der Waals surface area contributed by atoms with Crippen LogP contribution in [0.2, 0.25) is 5.02 Å². The smallest absolute Gasteiger partial charge is 0.272 e. The van der Waals surface area contributed by atoms with Crippen molar-refractivity contribution >= 4 is 34.1 Å². The Kier molecular flexibility index (Phi) is 3.77. The summed E-state index contributed by atoms with van der Waals surface area (Å²) >= 11 is 6.14. The molecule has 3 rings (SSSR count). The minimum absolute atomic E-state index is 0.235. The molecule has 0 saturated carbocycles. The van der Waals surface area contributed by atoms with Gasteiger partial charge in [0, 0.05) is 17.0 Å². The number of hydrogen-bond acceptors (Lipinski definition) is 2. The fourth-order valence-corrected chi connectivity index (χ4v) is 2.55. The molecule has 1 amide bonds. The lowest BCUT2D eigenvalue weighted by atomic mass is 10.2. The zero-order chi connectivity index (χ0) is 15.7. The number of methoxy groups -OCH3 is 1. The molecule has 2 aromatic carbocycles. The van der Waals surface area contributed by atoms with Crippen molar-refractivity contribution in [1.29, 1.82) is 0 Å². The predicted octanol–water partition coefficient (Wildman–Crippen LogP) is 4.39. The van der Waals surface area contributed by atoms with Crippen LogP contribution >= 0.6 is 11.6 Å². The van der Waals surface area contributed by atoms with Gasteiger partial charge in [-0.1, -0.05) is 17.7 Å². The van der Waals surface area contributed by atoms with Crippen LogP contribution in [0.5, 0.6) is 5.75 Å². The van der Waals surface area contributed by atoms with Crippen molar-refractivity contribution in [3.8, 4) is 5.75 Å². The number of carbonyl (C=O) groups is 1. The maximum absolute atomic E-state index is 12.3. The number of rotatable bonds is 3. The number of aromatic nitrogens is 1. The summed E-state index contributed by atoms with van der Waals surface area (Å²) in [5.74, 6) is 0.504. The second kappa shape index (κ2) is 5.73. The van der Waals surface area contributed by atoms with Gasteiger partial charge in [0.15, 0.2) is 0 Å². The number of aromatic amines is 1. The first-order valence-corrected chi connectivity index (χ1v) is 7.19. The third-order valence-electron chi connectivity index (χ3n) is 3.45. The van der Waals surface area contributed by atoms with Crippen molar-refractivity contribution in [2.45, 2.75) is 6.92 Å². The fraction of sp³-hybridized carbons (Fsp3) is 0.118. The van der Waals surface area contributed by atoms with E-state index in [0.717, 1.165) is 22.2 Å². The SMILES string of the molecule is COc1ccc2cc(C(=O)Nc3ccc(C)cc3Cl)[nH]c2c1. The topological polar surface area (TPSA) is 54.1 Å². The number of halogens is 1. The number of aryl methyl sites for hydroxylation is 1. The first-order valence-electron chi connectivity index (χ1n) is 6.81. The molecule has 0 aliphatic rings. The van der Waals surface area contributed by atoms with Crippen LogP contribution in [0.25, 0.3) is 10.9 Å². The number of amides is 1. The molecule has 1 heterocycles. The van der Waals surface area contributed by atoms with Crippen LogP contribution in [-0.4, -0.2) is 18.0 Å². The molecule has 0 atom stereocenters.